The lowest BCUT2D eigenvalue weighted by Gasteiger charge is -2.52. The van der Waals surface area contributed by atoms with E-state index in [0.717, 1.165) is 66.6 Å². The third kappa shape index (κ3) is 4.85. The molecule has 0 unspecified atom stereocenters. The zero-order valence-corrected chi connectivity index (χ0v) is 24.0. The predicted octanol–water partition coefficient (Wildman–Crippen LogP) is 6.57. The van der Waals surface area contributed by atoms with Crippen molar-refractivity contribution in [2.45, 2.75) is 51.6 Å². The van der Waals surface area contributed by atoms with E-state index < -0.39 is 11.4 Å². The van der Waals surface area contributed by atoms with Crippen LogP contribution in [0.1, 0.15) is 51.1 Å². The number of piperidine rings is 1. The van der Waals surface area contributed by atoms with Crippen molar-refractivity contribution < 1.29 is 9.90 Å². The van der Waals surface area contributed by atoms with Crippen LogP contribution >= 0.6 is 34.5 Å². The van der Waals surface area contributed by atoms with Gasteiger partial charge in [-0.25, -0.2) is 4.98 Å². The van der Waals surface area contributed by atoms with Gasteiger partial charge in [0.25, 0.3) is 0 Å². The minimum atomic E-state index is -0.654. The fourth-order valence-corrected chi connectivity index (χ4v) is 7.71. The highest BCUT2D eigenvalue weighted by molar-refractivity contribution is 7.16. The Balaban J connectivity index is 1.11. The molecule has 2 N–H and O–H groups in total. The van der Waals surface area contributed by atoms with Gasteiger partial charge in [0.05, 0.1) is 16.8 Å². The van der Waals surface area contributed by atoms with Gasteiger partial charge in [-0.3, -0.25) is 4.79 Å². The number of rotatable bonds is 7. The van der Waals surface area contributed by atoms with Gasteiger partial charge in [-0.05, 0) is 87.1 Å². The highest BCUT2D eigenvalue weighted by atomic mass is 35.5. The van der Waals surface area contributed by atoms with Crippen molar-refractivity contribution in [3.63, 3.8) is 0 Å². The molecule has 4 heterocycles. The Morgan fingerprint density at radius 3 is 2.71 bits per heavy atom. The minimum Gasteiger partial charge on any atom is -0.481 e. The van der Waals surface area contributed by atoms with Gasteiger partial charge in [-0.2, -0.15) is 4.98 Å². The monoisotopic (exact) mass is 573 g/mol. The number of fused-ring (bicyclic) bond motifs is 1. The molecule has 0 amide bonds. The zero-order valence-electron chi connectivity index (χ0n) is 21.7. The standard InChI is InChI=1S/C28H33Cl2N5O2S/c1-16(21-6-5-19(29)10-23(21)30)31-24-22-7-9-38-25(22)33-27(32-24)35-14-18(15-35)17-4-3-8-34(13-17)20-11-28(2,12-20)26(36)37/h5-7,9-10,16-18,20H,3-4,8,11-15H2,1-2H3,(H,36,37)(H,31,32,33)/t16-,17+,20-,28-/m1/s1. The first kappa shape index (κ1) is 26.1. The van der Waals surface area contributed by atoms with E-state index in [1.165, 1.54) is 12.8 Å². The molecule has 3 fully saturated rings. The van der Waals surface area contributed by atoms with Crippen molar-refractivity contribution >= 4 is 62.5 Å². The van der Waals surface area contributed by atoms with Gasteiger partial charge in [-0.1, -0.05) is 29.3 Å². The third-order valence-electron chi connectivity index (χ3n) is 8.85. The van der Waals surface area contributed by atoms with Crippen molar-refractivity contribution in [1.82, 2.24) is 14.9 Å². The van der Waals surface area contributed by atoms with E-state index in [0.29, 0.717) is 27.9 Å². The summed E-state index contributed by atoms with van der Waals surface area (Å²) >= 11 is 14.2. The molecule has 202 valence electrons. The van der Waals surface area contributed by atoms with Gasteiger partial charge in [0, 0.05) is 35.7 Å². The van der Waals surface area contributed by atoms with E-state index in [4.69, 9.17) is 33.2 Å². The molecule has 1 saturated carbocycles. The number of hydrogen-bond donors (Lipinski definition) is 2. The number of carboxylic acids is 1. The Morgan fingerprint density at radius 2 is 1.97 bits per heavy atom. The largest absolute Gasteiger partial charge is 0.481 e. The molecular formula is C28H33Cl2N5O2S. The van der Waals surface area contributed by atoms with Gasteiger partial charge in [0.1, 0.15) is 10.6 Å². The van der Waals surface area contributed by atoms with Crippen LogP contribution in [-0.4, -0.2) is 58.2 Å². The summed E-state index contributed by atoms with van der Waals surface area (Å²) < 4.78 is 0. The van der Waals surface area contributed by atoms with Crippen LogP contribution in [0.15, 0.2) is 29.6 Å². The van der Waals surface area contributed by atoms with E-state index in [-0.39, 0.29) is 6.04 Å². The number of benzene rings is 1. The van der Waals surface area contributed by atoms with Gasteiger partial charge in [0.15, 0.2) is 0 Å². The van der Waals surface area contributed by atoms with E-state index in [1.54, 1.807) is 17.4 Å². The van der Waals surface area contributed by atoms with Crippen LogP contribution in [0.4, 0.5) is 11.8 Å². The molecule has 0 bridgehead atoms. The first-order valence-corrected chi connectivity index (χ1v) is 15.0. The number of hydrogen-bond acceptors (Lipinski definition) is 7. The van der Waals surface area contributed by atoms with Crippen molar-refractivity contribution in [3.05, 3.63) is 45.3 Å². The van der Waals surface area contributed by atoms with Crippen LogP contribution in [0.5, 0.6) is 0 Å². The number of carboxylic acid groups (broad SMARTS) is 1. The number of halogens is 2. The second-order valence-electron chi connectivity index (χ2n) is 11.5. The zero-order chi connectivity index (χ0) is 26.6. The molecule has 10 heteroatoms. The summed E-state index contributed by atoms with van der Waals surface area (Å²) in [6.07, 6.45) is 3.99. The summed E-state index contributed by atoms with van der Waals surface area (Å²) in [5.74, 6) is 2.21. The summed E-state index contributed by atoms with van der Waals surface area (Å²) in [6.45, 7) is 8.06. The Kier molecular flexibility index (Phi) is 6.95. The maximum absolute atomic E-state index is 11.5. The fourth-order valence-electron chi connectivity index (χ4n) is 6.38. The highest BCUT2D eigenvalue weighted by Gasteiger charge is 2.49. The fraction of sp³-hybridized carbons (Fsp3) is 0.536. The van der Waals surface area contributed by atoms with Gasteiger partial charge >= 0.3 is 5.97 Å². The second kappa shape index (κ2) is 10.1. The van der Waals surface area contributed by atoms with Crippen molar-refractivity contribution in [1.29, 1.82) is 0 Å². The maximum Gasteiger partial charge on any atom is 0.309 e. The van der Waals surface area contributed by atoms with Crippen molar-refractivity contribution in [3.8, 4) is 0 Å². The smallest absolute Gasteiger partial charge is 0.309 e. The normalized spacial score (nSPS) is 27.1. The molecule has 6 rings (SSSR count). The third-order valence-corrected chi connectivity index (χ3v) is 10.2. The van der Waals surface area contributed by atoms with E-state index >= 15 is 0 Å². The molecular weight excluding hydrogens is 541 g/mol. The molecule has 2 atom stereocenters. The number of anilines is 2. The maximum atomic E-state index is 11.5. The second-order valence-corrected chi connectivity index (χ2v) is 13.3. The molecule has 2 aromatic heterocycles. The van der Waals surface area contributed by atoms with Gasteiger partial charge in [-0.15, -0.1) is 11.3 Å². The van der Waals surface area contributed by atoms with Crippen molar-refractivity contribution in [2.75, 3.05) is 36.4 Å². The molecule has 1 aliphatic carbocycles. The summed E-state index contributed by atoms with van der Waals surface area (Å²) in [4.78, 5) is 27.2. The van der Waals surface area contributed by atoms with Crippen LogP contribution in [-0.2, 0) is 4.79 Å². The summed E-state index contributed by atoms with van der Waals surface area (Å²) in [7, 11) is 0. The molecule has 0 radical (unpaired) electrons. The van der Waals surface area contributed by atoms with Gasteiger partial charge < -0.3 is 20.2 Å². The molecule has 2 saturated heterocycles. The lowest BCUT2D eigenvalue weighted by molar-refractivity contribution is -0.158. The summed E-state index contributed by atoms with van der Waals surface area (Å²) in [5, 5.41) is 17.4. The Morgan fingerprint density at radius 1 is 1.18 bits per heavy atom. The number of aromatic nitrogens is 2. The average Bonchev–Trinajstić information content (AvgIpc) is 3.30. The van der Waals surface area contributed by atoms with Gasteiger partial charge in [0.2, 0.25) is 5.95 Å². The van der Waals surface area contributed by atoms with Crippen LogP contribution in [0, 0.1) is 17.3 Å². The Labute approximate surface area is 237 Å². The number of nitrogens with one attached hydrogen (secondary N) is 1. The summed E-state index contributed by atoms with van der Waals surface area (Å²) in [5.41, 5.74) is 0.436. The number of thiophene rings is 1. The first-order valence-electron chi connectivity index (χ1n) is 13.4. The molecule has 3 aromatic rings. The number of nitrogens with zero attached hydrogens (tertiary/aromatic N) is 4. The van der Waals surface area contributed by atoms with Crippen LogP contribution < -0.4 is 10.2 Å². The quantitative estimate of drug-likeness (QED) is 0.330. The first-order chi connectivity index (χ1) is 18.2. The number of carbonyl (C=O) groups is 1. The minimum absolute atomic E-state index is 0.0440. The van der Waals surface area contributed by atoms with Crippen LogP contribution in [0.25, 0.3) is 10.2 Å². The molecule has 0 spiro atoms. The van der Waals surface area contributed by atoms with Crippen LogP contribution in [0.3, 0.4) is 0 Å². The lowest BCUT2D eigenvalue weighted by atomic mass is 9.65. The highest BCUT2D eigenvalue weighted by Crippen LogP contribution is 2.45. The van der Waals surface area contributed by atoms with E-state index in [9.17, 15) is 9.90 Å². The molecule has 2 aliphatic heterocycles. The average molecular weight is 575 g/mol. The molecule has 1 aromatic carbocycles. The van der Waals surface area contributed by atoms with Crippen molar-refractivity contribution in [2.24, 2.45) is 17.3 Å². The Bertz CT molecular complexity index is 1350. The van der Waals surface area contributed by atoms with E-state index in [1.807, 2.05) is 19.1 Å². The summed E-state index contributed by atoms with van der Waals surface area (Å²) in [6, 6.07) is 8.02. The SMILES string of the molecule is C[C@@H](Nc1nc(N2CC([C@H]3CCCN([C@H]4C[C@](C)(C(=O)O)C4)C3)C2)nc2sccc12)c1ccc(Cl)cc1Cl. The number of aliphatic carboxylic acids is 1. The Hall–Kier alpha value is -2.13. The topological polar surface area (TPSA) is 81.6 Å². The molecule has 7 nitrogen and oxygen atoms in total. The van der Waals surface area contributed by atoms with E-state index in [2.05, 4.69) is 33.5 Å². The molecule has 38 heavy (non-hydrogen) atoms. The predicted molar refractivity (Wildman–Crippen MR) is 155 cm³/mol. The molecule has 3 aliphatic rings. The van der Waals surface area contributed by atoms with Crippen LogP contribution in [0.2, 0.25) is 10.0 Å². The number of likely N-dealkylation sites (tertiary alicyclic amines) is 1. The lowest BCUT2D eigenvalue weighted by Crippen LogP contribution is -2.58.